The lowest BCUT2D eigenvalue weighted by Crippen LogP contribution is -2.47. The van der Waals surface area contributed by atoms with Crippen molar-refractivity contribution in [3.05, 3.63) is 24.5 Å². The van der Waals surface area contributed by atoms with Gasteiger partial charge in [0.15, 0.2) is 20.8 Å². The van der Waals surface area contributed by atoms with E-state index in [1.54, 1.807) is 12.4 Å². The molecule has 0 spiro atoms. The normalized spacial score (nSPS) is 23.3. The van der Waals surface area contributed by atoms with Gasteiger partial charge in [0, 0.05) is 36.1 Å². The Morgan fingerprint density at radius 1 is 1.13 bits per heavy atom. The van der Waals surface area contributed by atoms with Crippen molar-refractivity contribution in [1.29, 1.82) is 0 Å². The van der Waals surface area contributed by atoms with Crippen LogP contribution in [0.15, 0.2) is 29.7 Å². The Hall–Kier alpha value is -1.94. The zero-order chi connectivity index (χ0) is 21.4. The molecule has 1 atom stereocenters. The maximum atomic E-state index is 13.3. The van der Waals surface area contributed by atoms with Crippen LogP contribution in [0.2, 0.25) is 0 Å². The van der Waals surface area contributed by atoms with Crippen molar-refractivity contribution in [2.45, 2.75) is 68.2 Å². The van der Waals surface area contributed by atoms with E-state index in [2.05, 4.69) is 19.7 Å². The fourth-order valence-corrected chi connectivity index (χ4v) is 7.40. The lowest BCUT2D eigenvalue weighted by atomic mass is 10.1. The molecule has 1 saturated heterocycles. The van der Waals surface area contributed by atoms with Gasteiger partial charge in [0.25, 0.3) is 0 Å². The van der Waals surface area contributed by atoms with Gasteiger partial charge in [0.2, 0.25) is 5.91 Å². The highest BCUT2D eigenvalue weighted by Gasteiger charge is 2.39. The zero-order valence-electron chi connectivity index (χ0n) is 17.4. The maximum Gasteiger partial charge on any atom is 0.233 e. The molecule has 2 aliphatic carbocycles. The first-order valence-electron chi connectivity index (χ1n) is 11.0. The predicted molar refractivity (Wildman–Crippen MR) is 118 cm³/mol. The quantitative estimate of drug-likeness (QED) is 0.585. The third-order valence-electron chi connectivity index (χ3n) is 6.43. The molecule has 1 aliphatic heterocycles. The maximum absolute atomic E-state index is 13.3. The van der Waals surface area contributed by atoms with Gasteiger partial charge >= 0.3 is 0 Å². The van der Waals surface area contributed by atoms with Crippen LogP contribution in [0.5, 0.6) is 0 Å². The fourth-order valence-electron chi connectivity index (χ4n) is 4.81. The number of nitrogens with zero attached hydrogens (tertiary/aromatic N) is 5. The third kappa shape index (κ3) is 4.50. The summed E-state index contributed by atoms with van der Waals surface area (Å²) in [5.41, 5.74) is 0.920. The fraction of sp³-hybridized carbons (Fsp3) is 0.619. The molecule has 0 aromatic carbocycles. The van der Waals surface area contributed by atoms with Gasteiger partial charge in [-0.25, -0.2) is 8.42 Å². The van der Waals surface area contributed by atoms with E-state index in [1.807, 2.05) is 17.0 Å². The lowest BCUT2D eigenvalue weighted by Gasteiger charge is -2.34. The molecule has 5 rings (SSSR count). The first-order chi connectivity index (χ1) is 15.0. The minimum absolute atomic E-state index is 0.0206. The molecule has 2 saturated carbocycles. The van der Waals surface area contributed by atoms with Crippen molar-refractivity contribution in [1.82, 2.24) is 24.6 Å². The minimum Gasteiger partial charge on any atom is -0.335 e. The lowest BCUT2D eigenvalue weighted by molar-refractivity contribution is -0.132. The van der Waals surface area contributed by atoms with E-state index in [0.29, 0.717) is 12.5 Å². The average molecular weight is 462 g/mol. The molecule has 0 unspecified atom stereocenters. The molecule has 8 nitrogen and oxygen atoms in total. The first kappa shape index (κ1) is 20.9. The van der Waals surface area contributed by atoms with Gasteiger partial charge in [-0.05, 0) is 44.2 Å². The number of hydrogen-bond acceptors (Lipinski definition) is 7. The van der Waals surface area contributed by atoms with E-state index >= 15 is 0 Å². The molecule has 31 heavy (non-hydrogen) atoms. The van der Waals surface area contributed by atoms with Gasteiger partial charge in [0.05, 0.1) is 17.3 Å². The van der Waals surface area contributed by atoms with E-state index in [9.17, 15) is 13.2 Å². The summed E-state index contributed by atoms with van der Waals surface area (Å²) in [4.78, 5) is 19.4. The predicted octanol–water partition coefficient (Wildman–Crippen LogP) is 2.73. The summed E-state index contributed by atoms with van der Waals surface area (Å²) in [5.74, 6) is 1.35. The van der Waals surface area contributed by atoms with Crippen molar-refractivity contribution < 1.29 is 13.2 Å². The second-order valence-electron chi connectivity index (χ2n) is 8.73. The van der Waals surface area contributed by atoms with Gasteiger partial charge in [-0.2, -0.15) is 0 Å². The van der Waals surface area contributed by atoms with Crippen LogP contribution in [0.25, 0.3) is 11.4 Å². The summed E-state index contributed by atoms with van der Waals surface area (Å²) >= 11 is 1.41. The minimum atomic E-state index is -3.04. The summed E-state index contributed by atoms with van der Waals surface area (Å²) in [5, 5.41) is 9.53. The Kier molecular flexibility index (Phi) is 5.76. The highest BCUT2D eigenvalue weighted by atomic mass is 32.2. The van der Waals surface area contributed by atoms with E-state index in [4.69, 9.17) is 0 Å². The van der Waals surface area contributed by atoms with Crippen LogP contribution < -0.4 is 0 Å². The molecule has 10 heteroatoms. The molecule has 2 aromatic heterocycles. The van der Waals surface area contributed by atoms with Gasteiger partial charge in [-0.15, -0.1) is 10.2 Å². The smallest absolute Gasteiger partial charge is 0.233 e. The summed E-state index contributed by atoms with van der Waals surface area (Å²) < 4.78 is 26.2. The number of carbonyl (C=O) groups excluding carboxylic acids is 1. The number of thioether (sulfide) groups is 1. The molecule has 166 valence electrons. The number of sulfone groups is 1. The van der Waals surface area contributed by atoms with Crippen LogP contribution in [0.3, 0.4) is 0 Å². The van der Waals surface area contributed by atoms with E-state index < -0.39 is 9.84 Å². The average Bonchev–Trinajstić information content (AvgIpc) is 3.14. The van der Waals surface area contributed by atoms with Gasteiger partial charge in [-0.3, -0.25) is 14.3 Å². The van der Waals surface area contributed by atoms with Crippen molar-refractivity contribution in [2.75, 3.05) is 17.3 Å². The topological polar surface area (TPSA) is 98.1 Å². The molecule has 2 aromatic rings. The molecule has 0 N–H and O–H groups in total. The highest BCUT2D eigenvalue weighted by Crippen LogP contribution is 2.41. The highest BCUT2D eigenvalue weighted by molar-refractivity contribution is 7.99. The SMILES string of the molecule is O=C(CSc1nnc(-c2cccnc2)n1C1CC1)N(C1CCCC1)[C@H]1CCS(=O)(=O)C1. The molecular formula is C21H27N5O3S2. The number of aromatic nitrogens is 4. The van der Waals surface area contributed by atoms with Crippen LogP contribution in [-0.4, -0.2) is 68.3 Å². The van der Waals surface area contributed by atoms with Crippen molar-refractivity contribution in [3.8, 4) is 11.4 Å². The largest absolute Gasteiger partial charge is 0.335 e. The molecule has 3 fully saturated rings. The second kappa shape index (κ2) is 8.54. The monoisotopic (exact) mass is 461 g/mol. The Morgan fingerprint density at radius 2 is 1.94 bits per heavy atom. The number of rotatable bonds is 7. The number of hydrogen-bond donors (Lipinski definition) is 0. The van der Waals surface area contributed by atoms with E-state index in [0.717, 1.165) is 55.1 Å². The van der Waals surface area contributed by atoms with Crippen LogP contribution in [0.4, 0.5) is 0 Å². The summed E-state index contributed by atoms with van der Waals surface area (Å²) in [7, 11) is -3.04. The van der Waals surface area contributed by atoms with Gasteiger partial charge < -0.3 is 4.90 Å². The second-order valence-corrected chi connectivity index (χ2v) is 11.9. The van der Waals surface area contributed by atoms with Gasteiger partial charge in [-0.1, -0.05) is 24.6 Å². The Labute approximate surface area is 186 Å². The van der Waals surface area contributed by atoms with Crippen molar-refractivity contribution in [2.24, 2.45) is 0 Å². The summed E-state index contributed by atoms with van der Waals surface area (Å²) in [6.07, 6.45) is 10.4. The first-order valence-corrected chi connectivity index (χ1v) is 13.8. The standard InChI is InChI=1S/C21H27N5O3S2/c27-19(25(16-5-1-2-6-16)18-9-11-31(28,29)14-18)13-30-21-24-23-20(26(21)17-7-8-17)15-4-3-10-22-12-15/h3-4,10,12,16-18H,1-2,5-9,11,13-14H2/t18-/m0/s1. The van der Waals surface area contributed by atoms with E-state index in [1.165, 1.54) is 11.8 Å². The summed E-state index contributed by atoms with van der Waals surface area (Å²) in [6, 6.07) is 4.20. The number of pyridine rings is 1. The Balaban J connectivity index is 1.34. The van der Waals surface area contributed by atoms with Crippen LogP contribution in [-0.2, 0) is 14.6 Å². The number of amides is 1. The van der Waals surface area contributed by atoms with Crippen molar-refractivity contribution >= 4 is 27.5 Å². The Bertz CT molecular complexity index is 1050. The molecule has 0 radical (unpaired) electrons. The molecule has 1 amide bonds. The zero-order valence-corrected chi connectivity index (χ0v) is 19.0. The van der Waals surface area contributed by atoms with Crippen LogP contribution in [0.1, 0.15) is 51.0 Å². The Morgan fingerprint density at radius 3 is 2.58 bits per heavy atom. The van der Waals surface area contributed by atoms with Crippen LogP contribution in [0, 0.1) is 0 Å². The third-order valence-corrected chi connectivity index (χ3v) is 9.11. The molecule has 3 aliphatic rings. The van der Waals surface area contributed by atoms with Gasteiger partial charge in [0.1, 0.15) is 0 Å². The van der Waals surface area contributed by atoms with Crippen molar-refractivity contribution in [3.63, 3.8) is 0 Å². The molecule has 0 bridgehead atoms. The molecule has 3 heterocycles. The van der Waals surface area contributed by atoms with E-state index in [-0.39, 0.29) is 35.2 Å². The number of carbonyl (C=O) groups is 1. The van der Waals surface area contributed by atoms with Crippen LogP contribution >= 0.6 is 11.8 Å². The molecular weight excluding hydrogens is 434 g/mol. The summed E-state index contributed by atoms with van der Waals surface area (Å²) in [6.45, 7) is 0.